The quantitative estimate of drug-likeness (QED) is 0.384. The lowest BCUT2D eigenvalue weighted by Crippen LogP contribution is -2.09. The van der Waals surface area contributed by atoms with Gasteiger partial charge in [0.15, 0.2) is 0 Å². The van der Waals surface area contributed by atoms with Gasteiger partial charge < -0.3 is 9.47 Å². The summed E-state index contributed by atoms with van der Waals surface area (Å²) in [6.07, 6.45) is 0. The minimum atomic E-state index is -0.793. The number of hydrogen-bond donors (Lipinski definition) is 0. The Morgan fingerprint density at radius 3 is 2.50 bits per heavy atom. The maximum absolute atomic E-state index is 12.3. The highest BCUT2D eigenvalue weighted by molar-refractivity contribution is 7.18. The molecule has 2 aromatic carbocycles. The highest BCUT2D eigenvalue weighted by Gasteiger charge is 2.19. The smallest absolute Gasteiger partial charge is 0.338 e. The number of methoxy groups -OCH3 is 1. The van der Waals surface area contributed by atoms with Crippen LogP contribution in [0.15, 0.2) is 42.5 Å². The van der Waals surface area contributed by atoms with E-state index in [-0.39, 0.29) is 17.7 Å². The van der Waals surface area contributed by atoms with Crippen LogP contribution in [-0.4, -0.2) is 29.0 Å². The fraction of sp³-hybridized carbons (Fsp3) is 0.118. The van der Waals surface area contributed by atoms with Gasteiger partial charge in [0, 0.05) is 12.1 Å². The van der Waals surface area contributed by atoms with Crippen LogP contribution in [0.25, 0.3) is 10.2 Å². The Kier molecular flexibility index (Phi) is 4.90. The summed E-state index contributed by atoms with van der Waals surface area (Å²) in [5.74, 6) is -1.58. The van der Waals surface area contributed by atoms with Crippen molar-refractivity contribution in [1.29, 1.82) is 0 Å². The minimum absolute atomic E-state index is 0.0750. The van der Waals surface area contributed by atoms with Gasteiger partial charge in [0.25, 0.3) is 5.69 Å². The number of carbonyl (C=O) groups excluding carboxylic acids is 2. The summed E-state index contributed by atoms with van der Waals surface area (Å²) in [4.78, 5) is 38.5. The largest absolute Gasteiger partial charge is 0.465 e. The van der Waals surface area contributed by atoms with Crippen LogP contribution in [0.2, 0.25) is 0 Å². The van der Waals surface area contributed by atoms with Crippen LogP contribution in [0, 0.1) is 10.1 Å². The van der Waals surface area contributed by atoms with Crippen molar-refractivity contribution < 1.29 is 24.0 Å². The molecule has 0 spiro atoms. The molecule has 0 radical (unpaired) electrons. The van der Waals surface area contributed by atoms with E-state index in [0.717, 1.165) is 29.5 Å². The number of benzene rings is 2. The molecule has 0 aliphatic heterocycles. The Bertz CT molecular complexity index is 980. The van der Waals surface area contributed by atoms with Gasteiger partial charge in [-0.1, -0.05) is 12.1 Å². The lowest BCUT2D eigenvalue weighted by Gasteiger charge is -2.05. The number of nitro benzene ring substituents is 1. The Balaban J connectivity index is 1.81. The summed E-state index contributed by atoms with van der Waals surface area (Å²) in [5, 5.41) is 11.6. The molecule has 26 heavy (non-hydrogen) atoms. The van der Waals surface area contributed by atoms with Gasteiger partial charge in [-0.15, -0.1) is 11.3 Å². The second-order valence-electron chi connectivity index (χ2n) is 5.17. The first-order chi connectivity index (χ1) is 12.5. The monoisotopic (exact) mass is 372 g/mol. The van der Waals surface area contributed by atoms with E-state index in [9.17, 15) is 19.7 Å². The molecule has 1 heterocycles. The first kappa shape index (κ1) is 17.5. The fourth-order valence-corrected chi connectivity index (χ4v) is 3.14. The van der Waals surface area contributed by atoms with Crippen molar-refractivity contribution in [3.8, 4) is 0 Å². The first-order valence-corrected chi connectivity index (χ1v) is 8.19. The van der Waals surface area contributed by atoms with Crippen molar-refractivity contribution in [2.75, 3.05) is 7.11 Å². The molecule has 0 aliphatic rings. The van der Waals surface area contributed by atoms with Gasteiger partial charge in [-0.25, -0.2) is 14.6 Å². The van der Waals surface area contributed by atoms with Crippen molar-refractivity contribution in [3.05, 3.63) is 68.7 Å². The Morgan fingerprint density at radius 1 is 1.15 bits per heavy atom. The van der Waals surface area contributed by atoms with Crippen LogP contribution < -0.4 is 0 Å². The topological polar surface area (TPSA) is 109 Å². The summed E-state index contributed by atoms with van der Waals surface area (Å²) < 4.78 is 10.7. The highest BCUT2D eigenvalue weighted by Crippen LogP contribution is 2.23. The standard InChI is InChI=1S/C17H12N2O6S/c1-24-16(20)10-6-11(8-12(7-10)19(22)23)17(21)25-9-15-18-13-4-2-3-5-14(13)26-15/h2-8H,9H2,1H3. The molecule has 8 nitrogen and oxygen atoms in total. The second-order valence-corrected chi connectivity index (χ2v) is 6.28. The summed E-state index contributed by atoms with van der Waals surface area (Å²) >= 11 is 1.38. The van der Waals surface area contributed by atoms with Gasteiger partial charge in [0.05, 0.1) is 33.4 Å². The molecule has 9 heteroatoms. The molecule has 0 aliphatic carbocycles. The van der Waals surface area contributed by atoms with E-state index >= 15 is 0 Å². The van der Waals surface area contributed by atoms with E-state index in [1.165, 1.54) is 17.4 Å². The van der Waals surface area contributed by atoms with E-state index in [2.05, 4.69) is 9.72 Å². The molecule has 0 atom stereocenters. The van der Waals surface area contributed by atoms with Crippen molar-refractivity contribution in [2.24, 2.45) is 0 Å². The summed E-state index contributed by atoms with van der Waals surface area (Å²) in [5.41, 5.74) is 0.182. The van der Waals surface area contributed by atoms with E-state index < -0.39 is 22.5 Å². The molecule has 3 rings (SSSR count). The van der Waals surface area contributed by atoms with Crippen LogP contribution in [0.3, 0.4) is 0 Å². The van der Waals surface area contributed by atoms with Crippen LogP contribution in [-0.2, 0) is 16.1 Å². The maximum atomic E-state index is 12.3. The van der Waals surface area contributed by atoms with Gasteiger partial charge in [-0.05, 0) is 18.2 Å². The van der Waals surface area contributed by atoms with Crippen LogP contribution >= 0.6 is 11.3 Å². The van der Waals surface area contributed by atoms with E-state index in [1.54, 1.807) is 0 Å². The van der Waals surface area contributed by atoms with Gasteiger partial charge in [-0.2, -0.15) is 0 Å². The number of esters is 2. The van der Waals surface area contributed by atoms with Crippen LogP contribution in [0.5, 0.6) is 0 Å². The summed E-state index contributed by atoms with van der Waals surface area (Å²) in [6, 6.07) is 10.8. The summed E-state index contributed by atoms with van der Waals surface area (Å²) in [6.45, 7) is -0.0750. The molecule has 0 unspecified atom stereocenters. The minimum Gasteiger partial charge on any atom is -0.465 e. The van der Waals surface area contributed by atoms with Gasteiger partial charge in [0.1, 0.15) is 11.6 Å². The molecule has 0 fully saturated rings. The molecule has 0 saturated heterocycles. The molecule has 0 bridgehead atoms. The van der Waals surface area contributed by atoms with Crippen LogP contribution in [0.1, 0.15) is 25.7 Å². The zero-order valence-corrected chi connectivity index (χ0v) is 14.3. The predicted octanol–water partition coefficient (Wildman–Crippen LogP) is 3.35. The number of nitro groups is 1. The van der Waals surface area contributed by atoms with Crippen LogP contribution in [0.4, 0.5) is 5.69 Å². The third-order valence-electron chi connectivity index (χ3n) is 3.45. The fourth-order valence-electron chi connectivity index (χ4n) is 2.26. The molecule has 0 amide bonds. The van der Waals surface area contributed by atoms with Crippen molar-refractivity contribution in [2.45, 2.75) is 6.61 Å². The number of carbonyl (C=O) groups is 2. The van der Waals surface area contributed by atoms with Crippen molar-refractivity contribution in [3.63, 3.8) is 0 Å². The second kappa shape index (κ2) is 7.28. The molecular formula is C17H12N2O6S. The first-order valence-electron chi connectivity index (χ1n) is 7.37. The average molecular weight is 372 g/mol. The number of non-ortho nitro benzene ring substituents is 1. The molecule has 0 saturated carbocycles. The average Bonchev–Trinajstić information content (AvgIpc) is 3.07. The lowest BCUT2D eigenvalue weighted by atomic mass is 10.1. The third-order valence-corrected chi connectivity index (χ3v) is 4.46. The molecule has 0 N–H and O–H groups in total. The van der Waals surface area contributed by atoms with Gasteiger partial charge >= 0.3 is 11.9 Å². The number of thiazole rings is 1. The van der Waals surface area contributed by atoms with Crippen molar-refractivity contribution in [1.82, 2.24) is 4.98 Å². The number of hydrogen-bond acceptors (Lipinski definition) is 8. The number of rotatable bonds is 5. The number of para-hydroxylation sites is 1. The Hall–Kier alpha value is -3.33. The zero-order valence-electron chi connectivity index (χ0n) is 13.5. The molecule has 3 aromatic rings. The molecule has 132 valence electrons. The normalized spacial score (nSPS) is 10.5. The predicted molar refractivity (Wildman–Crippen MR) is 93.2 cm³/mol. The Morgan fingerprint density at radius 2 is 1.85 bits per heavy atom. The van der Waals surface area contributed by atoms with E-state index in [1.807, 2.05) is 24.3 Å². The Labute approximate surface area is 151 Å². The van der Waals surface area contributed by atoms with E-state index in [4.69, 9.17) is 4.74 Å². The van der Waals surface area contributed by atoms with Crippen molar-refractivity contribution >= 4 is 39.2 Å². The van der Waals surface area contributed by atoms with Gasteiger partial charge in [-0.3, -0.25) is 10.1 Å². The zero-order chi connectivity index (χ0) is 18.7. The van der Waals surface area contributed by atoms with E-state index in [0.29, 0.717) is 5.01 Å². The van der Waals surface area contributed by atoms with Gasteiger partial charge in [0.2, 0.25) is 0 Å². The number of ether oxygens (including phenoxy) is 2. The summed E-state index contributed by atoms with van der Waals surface area (Å²) in [7, 11) is 1.15. The maximum Gasteiger partial charge on any atom is 0.338 e. The molecule has 1 aromatic heterocycles. The number of aromatic nitrogens is 1. The number of nitrogens with zero attached hydrogens (tertiary/aromatic N) is 2. The lowest BCUT2D eigenvalue weighted by molar-refractivity contribution is -0.384. The third kappa shape index (κ3) is 3.67. The SMILES string of the molecule is COC(=O)c1cc(C(=O)OCc2nc3ccccc3s2)cc([N+](=O)[O-])c1. The molecular weight excluding hydrogens is 360 g/mol. The number of fused-ring (bicyclic) bond motifs is 1. The highest BCUT2D eigenvalue weighted by atomic mass is 32.1.